The lowest BCUT2D eigenvalue weighted by atomic mass is 9.87. The Morgan fingerprint density at radius 1 is 1.00 bits per heavy atom. The van der Waals surface area contributed by atoms with Crippen LogP contribution in [0, 0.1) is 0 Å². The van der Waals surface area contributed by atoms with Crippen LogP contribution in [0.5, 0.6) is 5.75 Å². The maximum atomic E-state index is 5.94. The van der Waals surface area contributed by atoms with Crippen molar-refractivity contribution in [3.05, 3.63) is 59.1 Å². The highest BCUT2D eigenvalue weighted by Crippen LogP contribution is 2.24. The van der Waals surface area contributed by atoms with Crippen molar-refractivity contribution >= 4 is 17.3 Å². The van der Waals surface area contributed by atoms with Gasteiger partial charge in [-0.3, -0.25) is 0 Å². The van der Waals surface area contributed by atoms with Gasteiger partial charge in [-0.15, -0.1) is 0 Å². The first kappa shape index (κ1) is 16.7. The average molecular weight is 318 g/mol. The van der Waals surface area contributed by atoms with Crippen LogP contribution in [-0.2, 0) is 5.41 Å². The molecule has 0 spiro atoms. The number of ether oxygens (including phenoxy) is 1. The van der Waals surface area contributed by atoms with Crippen molar-refractivity contribution in [1.29, 1.82) is 0 Å². The zero-order valence-corrected chi connectivity index (χ0v) is 14.4. The molecule has 2 nitrogen and oxygen atoms in total. The molecule has 2 aromatic carbocycles. The molecule has 0 fully saturated rings. The molecule has 118 valence electrons. The second-order valence-corrected chi connectivity index (χ2v) is 7.03. The van der Waals surface area contributed by atoms with Crippen LogP contribution >= 0.6 is 11.6 Å². The first-order valence-electron chi connectivity index (χ1n) is 7.61. The fraction of sp³-hybridized carbons (Fsp3) is 0.368. The number of hydrogen-bond acceptors (Lipinski definition) is 2. The van der Waals surface area contributed by atoms with Gasteiger partial charge in [0.05, 0.1) is 6.54 Å². The second kappa shape index (κ2) is 7.06. The topological polar surface area (TPSA) is 21.3 Å². The Labute approximate surface area is 138 Å². The summed E-state index contributed by atoms with van der Waals surface area (Å²) >= 11 is 5.87. The molecular formula is C19H24ClNO. The zero-order chi connectivity index (χ0) is 16.2. The normalized spacial score (nSPS) is 12.8. The Balaban J connectivity index is 1.86. The number of rotatable bonds is 5. The van der Waals surface area contributed by atoms with Gasteiger partial charge in [0.1, 0.15) is 11.9 Å². The van der Waals surface area contributed by atoms with E-state index in [1.54, 1.807) is 0 Å². The van der Waals surface area contributed by atoms with E-state index in [4.69, 9.17) is 16.3 Å². The average Bonchev–Trinajstić information content (AvgIpc) is 2.46. The van der Waals surface area contributed by atoms with Crippen LogP contribution in [0.2, 0.25) is 5.02 Å². The summed E-state index contributed by atoms with van der Waals surface area (Å²) in [5.41, 5.74) is 2.52. The highest BCUT2D eigenvalue weighted by molar-refractivity contribution is 6.30. The molecule has 3 heteroatoms. The smallest absolute Gasteiger partial charge is 0.119 e. The third-order valence-electron chi connectivity index (χ3n) is 3.50. The molecule has 0 aliphatic carbocycles. The van der Waals surface area contributed by atoms with Crippen molar-refractivity contribution in [2.24, 2.45) is 0 Å². The van der Waals surface area contributed by atoms with Crippen molar-refractivity contribution in [2.75, 3.05) is 11.9 Å². The lowest BCUT2D eigenvalue weighted by Crippen LogP contribution is -2.22. The number of anilines is 1. The first-order valence-corrected chi connectivity index (χ1v) is 7.99. The minimum Gasteiger partial charge on any atom is -0.489 e. The summed E-state index contributed by atoms with van der Waals surface area (Å²) in [6.45, 7) is 9.42. The van der Waals surface area contributed by atoms with E-state index in [1.807, 2.05) is 36.4 Å². The maximum absolute atomic E-state index is 5.94. The van der Waals surface area contributed by atoms with Gasteiger partial charge in [-0.1, -0.05) is 44.5 Å². The lowest BCUT2D eigenvalue weighted by Gasteiger charge is -2.20. The van der Waals surface area contributed by atoms with Crippen molar-refractivity contribution in [3.8, 4) is 5.75 Å². The fourth-order valence-corrected chi connectivity index (χ4v) is 2.26. The summed E-state index contributed by atoms with van der Waals surface area (Å²) in [5.74, 6) is 0.901. The van der Waals surface area contributed by atoms with Crippen molar-refractivity contribution in [3.63, 3.8) is 0 Å². The van der Waals surface area contributed by atoms with Gasteiger partial charge >= 0.3 is 0 Å². The second-order valence-electron chi connectivity index (χ2n) is 6.59. The van der Waals surface area contributed by atoms with E-state index >= 15 is 0 Å². The Morgan fingerprint density at radius 3 is 2.14 bits per heavy atom. The van der Waals surface area contributed by atoms with E-state index in [-0.39, 0.29) is 11.5 Å². The van der Waals surface area contributed by atoms with E-state index in [0.29, 0.717) is 0 Å². The van der Waals surface area contributed by atoms with Crippen LogP contribution in [0.15, 0.2) is 48.5 Å². The fourth-order valence-electron chi connectivity index (χ4n) is 2.14. The highest BCUT2D eigenvalue weighted by Gasteiger charge is 2.13. The molecule has 0 saturated carbocycles. The van der Waals surface area contributed by atoms with Crippen LogP contribution in [0.4, 0.5) is 5.69 Å². The van der Waals surface area contributed by atoms with Crippen molar-refractivity contribution in [2.45, 2.75) is 39.2 Å². The summed E-state index contributed by atoms with van der Waals surface area (Å²) < 4.78 is 5.94. The molecule has 0 heterocycles. The monoisotopic (exact) mass is 317 g/mol. The summed E-state index contributed by atoms with van der Waals surface area (Å²) in [4.78, 5) is 0. The largest absolute Gasteiger partial charge is 0.489 e. The molecular weight excluding hydrogens is 294 g/mol. The molecule has 0 amide bonds. The third-order valence-corrected chi connectivity index (χ3v) is 3.75. The Morgan fingerprint density at radius 2 is 1.59 bits per heavy atom. The van der Waals surface area contributed by atoms with E-state index in [9.17, 15) is 0 Å². The van der Waals surface area contributed by atoms with Gasteiger partial charge in [0.25, 0.3) is 0 Å². The highest BCUT2D eigenvalue weighted by atomic mass is 35.5. The molecule has 0 saturated heterocycles. The molecule has 0 aliphatic heterocycles. The summed E-state index contributed by atoms with van der Waals surface area (Å²) in [6, 6.07) is 16.0. The molecule has 2 rings (SSSR count). The summed E-state index contributed by atoms with van der Waals surface area (Å²) in [5, 5.41) is 4.09. The molecule has 0 aliphatic rings. The SMILES string of the molecule is C[C@@H](CNc1ccc(Cl)cc1)Oc1ccc(C(C)(C)C)cc1. The predicted octanol–water partition coefficient (Wildman–Crippen LogP) is 5.52. The van der Waals surface area contributed by atoms with E-state index < -0.39 is 0 Å². The third kappa shape index (κ3) is 4.96. The predicted molar refractivity (Wildman–Crippen MR) is 95.2 cm³/mol. The van der Waals surface area contributed by atoms with Crippen LogP contribution in [0.1, 0.15) is 33.3 Å². The first-order chi connectivity index (χ1) is 10.3. The van der Waals surface area contributed by atoms with Gasteiger partial charge in [0, 0.05) is 10.7 Å². The Bertz CT molecular complexity index is 584. The van der Waals surface area contributed by atoms with Crippen molar-refractivity contribution in [1.82, 2.24) is 0 Å². The molecule has 0 radical (unpaired) electrons. The summed E-state index contributed by atoms with van der Waals surface area (Å²) in [6.07, 6.45) is 0.0798. The lowest BCUT2D eigenvalue weighted by molar-refractivity contribution is 0.234. The Hall–Kier alpha value is -1.67. The van der Waals surface area contributed by atoms with E-state index in [1.165, 1.54) is 5.56 Å². The van der Waals surface area contributed by atoms with Gasteiger partial charge in [0.15, 0.2) is 0 Å². The van der Waals surface area contributed by atoms with Crippen LogP contribution in [0.3, 0.4) is 0 Å². The molecule has 2 aromatic rings. The van der Waals surface area contributed by atoms with Gasteiger partial charge in [-0.2, -0.15) is 0 Å². The maximum Gasteiger partial charge on any atom is 0.119 e. The van der Waals surface area contributed by atoms with Gasteiger partial charge in [0.2, 0.25) is 0 Å². The Kier molecular flexibility index (Phi) is 5.36. The summed E-state index contributed by atoms with van der Waals surface area (Å²) in [7, 11) is 0. The minimum absolute atomic E-state index is 0.0798. The van der Waals surface area contributed by atoms with Crippen LogP contribution < -0.4 is 10.1 Å². The number of nitrogens with one attached hydrogen (secondary N) is 1. The molecule has 0 bridgehead atoms. The quantitative estimate of drug-likeness (QED) is 0.784. The van der Waals surface area contributed by atoms with Crippen LogP contribution in [-0.4, -0.2) is 12.6 Å². The molecule has 1 atom stereocenters. The van der Waals surface area contributed by atoms with Gasteiger partial charge in [-0.05, 0) is 54.3 Å². The molecule has 0 unspecified atom stereocenters. The molecule has 1 N–H and O–H groups in total. The van der Waals surface area contributed by atoms with Gasteiger partial charge < -0.3 is 10.1 Å². The number of hydrogen-bond donors (Lipinski definition) is 1. The van der Waals surface area contributed by atoms with E-state index in [2.05, 4.69) is 45.1 Å². The standard InChI is InChI=1S/C19H24ClNO/c1-14(13-21-17-9-7-16(20)8-10-17)22-18-11-5-15(6-12-18)19(2,3)4/h5-12,14,21H,13H2,1-4H3/t14-/m0/s1. The molecule has 0 aromatic heterocycles. The van der Waals surface area contributed by atoms with E-state index in [0.717, 1.165) is 23.0 Å². The van der Waals surface area contributed by atoms with Gasteiger partial charge in [-0.25, -0.2) is 0 Å². The van der Waals surface area contributed by atoms with Crippen LogP contribution in [0.25, 0.3) is 0 Å². The number of halogens is 1. The zero-order valence-electron chi connectivity index (χ0n) is 13.7. The molecule has 22 heavy (non-hydrogen) atoms. The minimum atomic E-state index is 0.0798. The van der Waals surface area contributed by atoms with Crippen molar-refractivity contribution < 1.29 is 4.74 Å². The number of benzene rings is 2.